The monoisotopic (exact) mass is 485 g/mol. The lowest BCUT2D eigenvalue weighted by molar-refractivity contribution is 0.597. The molecule has 0 amide bonds. The van der Waals surface area contributed by atoms with Gasteiger partial charge in [-0.05, 0) is 56.2 Å². The van der Waals surface area contributed by atoms with Crippen LogP contribution in [0.4, 0.5) is 15.9 Å². The second kappa shape index (κ2) is 8.57. The third-order valence-electron chi connectivity index (χ3n) is 5.29. The first-order chi connectivity index (χ1) is 15.6. The zero-order chi connectivity index (χ0) is 23.9. The molecule has 0 radical (unpaired) electrons. The van der Waals surface area contributed by atoms with E-state index >= 15 is 0 Å². The summed E-state index contributed by atoms with van der Waals surface area (Å²) in [6.45, 7) is 5.15. The first kappa shape index (κ1) is 22.9. The molecule has 3 heterocycles. The number of halogens is 2. The topological polar surface area (TPSA) is 96.9 Å². The summed E-state index contributed by atoms with van der Waals surface area (Å²) < 4.78 is 43.1. The van der Waals surface area contributed by atoms with Crippen molar-refractivity contribution < 1.29 is 12.8 Å². The molecule has 0 aliphatic rings. The Morgan fingerprint density at radius 1 is 0.939 bits per heavy atom. The van der Waals surface area contributed by atoms with Crippen molar-refractivity contribution in [1.29, 1.82) is 0 Å². The maximum absolute atomic E-state index is 14.8. The van der Waals surface area contributed by atoms with Crippen LogP contribution in [0.25, 0.3) is 22.0 Å². The van der Waals surface area contributed by atoms with E-state index in [1.165, 1.54) is 24.4 Å². The number of sulfonamides is 1. The van der Waals surface area contributed by atoms with Gasteiger partial charge in [0.05, 0.1) is 21.9 Å². The molecule has 0 aliphatic carbocycles. The summed E-state index contributed by atoms with van der Waals surface area (Å²) in [6, 6.07) is 7.80. The molecule has 0 saturated carbocycles. The summed E-state index contributed by atoms with van der Waals surface area (Å²) in [4.78, 5) is 12.8. The Bertz CT molecular complexity index is 1510. The van der Waals surface area contributed by atoms with Crippen molar-refractivity contribution in [1.82, 2.24) is 15.0 Å². The number of benzene rings is 1. The van der Waals surface area contributed by atoms with E-state index in [2.05, 4.69) is 25.0 Å². The molecule has 0 unspecified atom stereocenters. The number of aromatic nitrogens is 3. The lowest BCUT2D eigenvalue weighted by Crippen LogP contribution is -2.16. The molecular formula is C23H21ClFN5O2S. The van der Waals surface area contributed by atoms with Crippen molar-refractivity contribution in [3.05, 3.63) is 70.5 Å². The van der Waals surface area contributed by atoms with E-state index < -0.39 is 15.8 Å². The molecule has 0 fully saturated rings. The zero-order valence-electron chi connectivity index (χ0n) is 18.4. The molecular weight excluding hydrogens is 465 g/mol. The van der Waals surface area contributed by atoms with E-state index in [9.17, 15) is 12.8 Å². The summed E-state index contributed by atoms with van der Waals surface area (Å²) in [6.07, 6.45) is 3.05. The Morgan fingerprint density at radius 3 is 2.42 bits per heavy atom. The van der Waals surface area contributed by atoms with Gasteiger partial charge in [-0.2, -0.15) is 0 Å². The molecule has 3 aromatic heterocycles. The molecule has 0 aliphatic heterocycles. The maximum Gasteiger partial charge on any atom is 0.263 e. The van der Waals surface area contributed by atoms with Crippen LogP contribution in [0.5, 0.6) is 0 Å². The van der Waals surface area contributed by atoms with Crippen LogP contribution in [0.2, 0.25) is 5.02 Å². The highest BCUT2D eigenvalue weighted by atomic mass is 35.5. The van der Waals surface area contributed by atoms with E-state index in [1.807, 2.05) is 19.1 Å². The van der Waals surface area contributed by atoms with E-state index in [0.717, 1.165) is 16.5 Å². The van der Waals surface area contributed by atoms with Crippen molar-refractivity contribution in [2.24, 2.45) is 0 Å². The number of anilines is 2. The lowest BCUT2D eigenvalue weighted by Gasteiger charge is -2.15. The normalized spacial score (nSPS) is 11.6. The Morgan fingerprint density at radius 2 is 1.70 bits per heavy atom. The quantitative estimate of drug-likeness (QED) is 0.400. The van der Waals surface area contributed by atoms with Crippen molar-refractivity contribution in [2.45, 2.75) is 25.7 Å². The van der Waals surface area contributed by atoms with Crippen LogP contribution in [0.1, 0.15) is 17.0 Å². The molecule has 33 heavy (non-hydrogen) atoms. The number of aryl methyl sites for hydroxylation is 3. The fourth-order valence-electron chi connectivity index (χ4n) is 3.58. The van der Waals surface area contributed by atoms with Crippen molar-refractivity contribution in [2.75, 3.05) is 17.1 Å². The van der Waals surface area contributed by atoms with E-state index in [0.29, 0.717) is 22.6 Å². The van der Waals surface area contributed by atoms with Gasteiger partial charge >= 0.3 is 0 Å². The van der Waals surface area contributed by atoms with Crippen LogP contribution in [0.15, 0.2) is 47.6 Å². The molecule has 10 heteroatoms. The molecule has 0 atom stereocenters. The van der Waals surface area contributed by atoms with Gasteiger partial charge < -0.3 is 5.32 Å². The minimum absolute atomic E-state index is 0.119. The highest BCUT2D eigenvalue weighted by molar-refractivity contribution is 7.92. The summed E-state index contributed by atoms with van der Waals surface area (Å²) in [5, 5.41) is 3.95. The molecule has 170 valence electrons. The number of rotatable bonds is 5. The molecule has 4 aromatic rings. The SMILES string of the molecule is CNc1cc2nc(C)c(-c3cc(NS(=O)(=O)c4cc(Cl)cnc4C)c(F)cc3C)cc2cn1. The second-order valence-electron chi connectivity index (χ2n) is 7.62. The number of pyridine rings is 3. The van der Waals surface area contributed by atoms with E-state index in [4.69, 9.17) is 11.6 Å². The van der Waals surface area contributed by atoms with Crippen LogP contribution in [-0.4, -0.2) is 30.4 Å². The van der Waals surface area contributed by atoms with Gasteiger partial charge in [0.2, 0.25) is 0 Å². The van der Waals surface area contributed by atoms with E-state index in [1.54, 1.807) is 27.1 Å². The molecule has 0 saturated heterocycles. The third-order valence-corrected chi connectivity index (χ3v) is 6.98. The van der Waals surface area contributed by atoms with Crippen LogP contribution in [0.3, 0.4) is 0 Å². The maximum atomic E-state index is 14.8. The van der Waals surface area contributed by atoms with Gasteiger partial charge in [-0.25, -0.2) is 17.8 Å². The third kappa shape index (κ3) is 4.46. The van der Waals surface area contributed by atoms with Gasteiger partial charge in [0.25, 0.3) is 10.0 Å². The van der Waals surface area contributed by atoms with Gasteiger partial charge in [0.1, 0.15) is 16.5 Å². The Labute approximate surface area is 196 Å². The van der Waals surface area contributed by atoms with Gasteiger partial charge in [0, 0.05) is 42.2 Å². The van der Waals surface area contributed by atoms with Crippen LogP contribution in [-0.2, 0) is 10.0 Å². The van der Waals surface area contributed by atoms with E-state index in [-0.39, 0.29) is 21.3 Å². The number of nitrogens with zero attached hydrogens (tertiary/aromatic N) is 3. The van der Waals surface area contributed by atoms with Crippen LogP contribution in [0, 0.1) is 26.6 Å². The van der Waals surface area contributed by atoms with Gasteiger partial charge in [-0.15, -0.1) is 0 Å². The fraction of sp³-hybridized carbons (Fsp3) is 0.174. The molecule has 2 N–H and O–H groups in total. The molecule has 4 rings (SSSR count). The molecule has 0 spiro atoms. The lowest BCUT2D eigenvalue weighted by atomic mass is 9.97. The number of hydrogen-bond acceptors (Lipinski definition) is 6. The summed E-state index contributed by atoms with van der Waals surface area (Å²) in [5.74, 6) is 0.00167. The summed E-state index contributed by atoms with van der Waals surface area (Å²) in [5.41, 5.74) is 3.59. The second-order valence-corrected chi connectivity index (χ2v) is 9.71. The number of fused-ring (bicyclic) bond motifs is 1. The zero-order valence-corrected chi connectivity index (χ0v) is 19.9. The fourth-order valence-corrected chi connectivity index (χ4v) is 5.08. The molecule has 1 aromatic carbocycles. The van der Waals surface area contributed by atoms with Crippen molar-refractivity contribution >= 4 is 44.0 Å². The standard InChI is InChI=1S/C23H21ClFN5O2S/c1-12-5-19(25)21(30-33(31,32)22-7-16(24)11-27-14(22)3)8-17(12)18-6-15-10-28-23(26-4)9-20(15)29-13(18)2/h5-11,30H,1-4H3,(H,26,28). The highest BCUT2D eigenvalue weighted by Crippen LogP contribution is 2.33. The average Bonchev–Trinajstić information content (AvgIpc) is 2.76. The number of hydrogen-bond donors (Lipinski definition) is 2. The summed E-state index contributed by atoms with van der Waals surface area (Å²) in [7, 11) is -2.34. The smallest absolute Gasteiger partial charge is 0.263 e. The average molecular weight is 486 g/mol. The largest absolute Gasteiger partial charge is 0.373 e. The van der Waals surface area contributed by atoms with Gasteiger partial charge in [0.15, 0.2) is 0 Å². The first-order valence-corrected chi connectivity index (χ1v) is 11.9. The Balaban J connectivity index is 1.81. The first-order valence-electron chi connectivity index (χ1n) is 9.99. The van der Waals surface area contributed by atoms with Crippen molar-refractivity contribution in [3.63, 3.8) is 0 Å². The van der Waals surface area contributed by atoms with Gasteiger partial charge in [-0.3, -0.25) is 14.7 Å². The Kier molecular flexibility index (Phi) is 5.94. The van der Waals surface area contributed by atoms with Crippen molar-refractivity contribution in [3.8, 4) is 11.1 Å². The highest BCUT2D eigenvalue weighted by Gasteiger charge is 2.21. The predicted molar refractivity (Wildman–Crippen MR) is 129 cm³/mol. The summed E-state index contributed by atoms with van der Waals surface area (Å²) >= 11 is 5.92. The molecule has 0 bridgehead atoms. The minimum Gasteiger partial charge on any atom is -0.373 e. The minimum atomic E-state index is -4.12. The van der Waals surface area contributed by atoms with Gasteiger partial charge in [-0.1, -0.05) is 11.6 Å². The molecule has 7 nitrogen and oxygen atoms in total. The Hall–Kier alpha value is -3.30. The van der Waals surface area contributed by atoms with Crippen LogP contribution < -0.4 is 10.0 Å². The predicted octanol–water partition coefficient (Wildman–Crippen LogP) is 5.25. The van der Waals surface area contributed by atoms with Crippen LogP contribution >= 0.6 is 11.6 Å². The number of nitrogens with one attached hydrogen (secondary N) is 2.